The van der Waals surface area contributed by atoms with Crippen LogP contribution in [-0.2, 0) is 11.3 Å². The maximum absolute atomic E-state index is 12.0. The lowest BCUT2D eigenvalue weighted by molar-refractivity contribution is -0.141. The van der Waals surface area contributed by atoms with Crippen molar-refractivity contribution in [1.29, 1.82) is 0 Å². The minimum Gasteiger partial charge on any atom is -0.481 e. The van der Waals surface area contributed by atoms with Crippen LogP contribution in [0.5, 0.6) is 0 Å². The van der Waals surface area contributed by atoms with Gasteiger partial charge in [-0.3, -0.25) is 19.3 Å². The SMILES string of the molecule is Cc1sc2c(c1C)C(c1ccc(NCc3ccncc3)cc1)=N[C@@H](C(C)C(=O)O)c1nnc(C)n1-2. The summed E-state index contributed by atoms with van der Waals surface area (Å²) in [6, 6.07) is 11.4. The van der Waals surface area contributed by atoms with E-state index in [4.69, 9.17) is 4.99 Å². The minimum absolute atomic E-state index is 0.561. The normalized spacial score (nSPS) is 15.5. The van der Waals surface area contributed by atoms with Crippen LogP contribution in [-0.4, -0.2) is 36.5 Å². The third kappa shape index (κ3) is 4.12. The maximum Gasteiger partial charge on any atom is 0.308 e. The van der Waals surface area contributed by atoms with E-state index in [-0.39, 0.29) is 0 Å². The van der Waals surface area contributed by atoms with Crippen LogP contribution < -0.4 is 5.32 Å². The van der Waals surface area contributed by atoms with E-state index in [9.17, 15) is 9.90 Å². The zero-order chi connectivity index (χ0) is 24.7. The number of carbonyl (C=O) groups is 1. The number of rotatable bonds is 6. The van der Waals surface area contributed by atoms with Gasteiger partial charge in [0.05, 0.1) is 11.6 Å². The number of hydrogen-bond acceptors (Lipinski definition) is 7. The summed E-state index contributed by atoms with van der Waals surface area (Å²) in [5.74, 6) is -0.397. The predicted molar refractivity (Wildman–Crippen MR) is 137 cm³/mol. The van der Waals surface area contributed by atoms with Crippen molar-refractivity contribution in [3.63, 3.8) is 0 Å². The van der Waals surface area contributed by atoms with E-state index in [1.807, 2.05) is 47.9 Å². The smallest absolute Gasteiger partial charge is 0.308 e. The molecule has 0 amide bonds. The average Bonchev–Trinajstić information content (AvgIpc) is 3.33. The monoisotopic (exact) mass is 486 g/mol. The molecule has 0 spiro atoms. The van der Waals surface area contributed by atoms with Gasteiger partial charge in [0.1, 0.15) is 16.9 Å². The number of hydrogen-bond donors (Lipinski definition) is 2. The lowest BCUT2D eigenvalue weighted by atomic mass is 9.98. The van der Waals surface area contributed by atoms with E-state index in [2.05, 4.69) is 34.3 Å². The summed E-state index contributed by atoms with van der Waals surface area (Å²) in [6.07, 6.45) is 3.56. The number of carboxylic acids is 1. The molecule has 35 heavy (non-hydrogen) atoms. The number of aryl methyl sites for hydroxylation is 2. The Hall–Kier alpha value is -3.85. The number of benzene rings is 1. The largest absolute Gasteiger partial charge is 0.481 e. The molecule has 0 aliphatic carbocycles. The van der Waals surface area contributed by atoms with Crippen molar-refractivity contribution in [2.75, 3.05) is 5.32 Å². The van der Waals surface area contributed by atoms with Crippen molar-refractivity contribution < 1.29 is 9.90 Å². The second-order valence-corrected chi connectivity index (χ2v) is 9.94. The predicted octanol–water partition coefficient (Wildman–Crippen LogP) is 4.87. The van der Waals surface area contributed by atoms with Crippen molar-refractivity contribution in [2.45, 2.75) is 40.3 Å². The van der Waals surface area contributed by atoms with Gasteiger partial charge < -0.3 is 10.4 Å². The van der Waals surface area contributed by atoms with Gasteiger partial charge in [0.25, 0.3) is 0 Å². The third-order valence-corrected chi connectivity index (χ3v) is 7.65. The molecule has 1 unspecified atom stereocenters. The second-order valence-electron chi connectivity index (χ2n) is 8.74. The molecule has 1 aliphatic heterocycles. The van der Waals surface area contributed by atoms with Crippen LogP contribution in [0.25, 0.3) is 5.00 Å². The molecule has 3 aromatic heterocycles. The van der Waals surface area contributed by atoms with Crippen molar-refractivity contribution in [2.24, 2.45) is 10.9 Å². The summed E-state index contributed by atoms with van der Waals surface area (Å²) in [5, 5.41) is 22.9. The zero-order valence-electron chi connectivity index (χ0n) is 20.0. The standard InChI is InChI=1S/C26H26N6O2S/c1-14-16(3)35-25-21(14)23(29-22(15(2)26(33)34)24-31-30-17(4)32(24)25)19-5-7-20(8-6-19)28-13-18-9-11-27-12-10-18/h5-12,15,22,28H,13H2,1-4H3,(H,33,34)/t15?,22-/m0/s1. The molecule has 4 aromatic rings. The second kappa shape index (κ2) is 9.07. The Morgan fingerprint density at radius 2 is 1.83 bits per heavy atom. The highest BCUT2D eigenvalue weighted by molar-refractivity contribution is 7.15. The van der Waals surface area contributed by atoms with Gasteiger partial charge in [-0.05, 0) is 63.1 Å². The van der Waals surface area contributed by atoms with Gasteiger partial charge in [0.15, 0.2) is 5.82 Å². The van der Waals surface area contributed by atoms with E-state index >= 15 is 0 Å². The lowest BCUT2D eigenvalue weighted by Crippen LogP contribution is -2.21. The molecule has 5 rings (SSSR count). The fourth-order valence-corrected chi connectivity index (χ4v) is 5.48. The number of aromatic nitrogens is 4. The number of thiophene rings is 1. The van der Waals surface area contributed by atoms with Crippen LogP contribution in [0, 0.1) is 26.7 Å². The highest BCUT2D eigenvalue weighted by atomic mass is 32.1. The summed E-state index contributed by atoms with van der Waals surface area (Å²) < 4.78 is 1.98. The van der Waals surface area contributed by atoms with Crippen molar-refractivity contribution in [1.82, 2.24) is 19.7 Å². The molecule has 9 heteroatoms. The van der Waals surface area contributed by atoms with E-state index in [0.717, 1.165) is 44.5 Å². The quantitative estimate of drug-likeness (QED) is 0.403. The maximum atomic E-state index is 12.0. The molecule has 0 bridgehead atoms. The molecule has 0 radical (unpaired) electrons. The fraction of sp³-hybridized carbons (Fsp3) is 0.269. The Balaban J connectivity index is 1.58. The fourth-order valence-electron chi connectivity index (χ4n) is 4.27. The van der Waals surface area contributed by atoms with Crippen LogP contribution in [0.3, 0.4) is 0 Å². The Morgan fingerprint density at radius 3 is 2.51 bits per heavy atom. The summed E-state index contributed by atoms with van der Waals surface area (Å²) in [7, 11) is 0. The highest BCUT2D eigenvalue weighted by Gasteiger charge is 2.36. The Labute approximate surface area is 207 Å². The molecular weight excluding hydrogens is 460 g/mol. The van der Waals surface area contributed by atoms with Crippen molar-refractivity contribution in [3.05, 3.63) is 87.6 Å². The first-order valence-corrected chi connectivity index (χ1v) is 12.2. The number of pyridine rings is 1. The Bertz CT molecular complexity index is 1420. The number of aliphatic imine (C=N–C) groups is 1. The molecule has 2 N–H and O–H groups in total. The van der Waals surface area contributed by atoms with Crippen molar-refractivity contribution in [3.8, 4) is 5.00 Å². The first kappa shape index (κ1) is 22.9. The van der Waals surface area contributed by atoms with Gasteiger partial charge in [-0.25, -0.2) is 0 Å². The summed E-state index contributed by atoms with van der Waals surface area (Å²) >= 11 is 1.66. The topological polar surface area (TPSA) is 105 Å². The van der Waals surface area contributed by atoms with E-state index in [0.29, 0.717) is 12.4 Å². The molecule has 1 aromatic carbocycles. The number of nitrogens with zero attached hydrogens (tertiary/aromatic N) is 5. The van der Waals surface area contributed by atoms with Gasteiger partial charge in [0, 0.05) is 40.6 Å². The summed E-state index contributed by atoms with van der Waals surface area (Å²) in [4.78, 5) is 22.3. The van der Waals surface area contributed by atoms with E-state index in [1.165, 1.54) is 4.88 Å². The van der Waals surface area contributed by atoms with E-state index in [1.54, 1.807) is 30.7 Å². The number of fused-ring (bicyclic) bond motifs is 3. The number of aliphatic carboxylic acids is 1. The molecule has 178 valence electrons. The number of nitrogens with one attached hydrogen (secondary N) is 1. The van der Waals surface area contributed by atoms with Crippen molar-refractivity contribution >= 4 is 28.7 Å². The highest BCUT2D eigenvalue weighted by Crippen LogP contribution is 2.40. The minimum atomic E-state index is -0.917. The summed E-state index contributed by atoms with van der Waals surface area (Å²) in [6.45, 7) is 8.44. The first-order valence-electron chi connectivity index (χ1n) is 11.4. The average molecular weight is 487 g/mol. The lowest BCUT2D eigenvalue weighted by Gasteiger charge is -2.16. The number of anilines is 1. The molecular formula is C26H26N6O2S. The molecule has 0 fully saturated rings. The van der Waals surface area contributed by atoms with Crippen LogP contribution in [0.1, 0.15) is 51.7 Å². The molecule has 0 saturated carbocycles. The number of carboxylic acid groups (broad SMARTS) is 1. The third-order valence-electron chi connectivity index (χ3n) is 6.46. The van der Waals surface area contributed by atoms with Gasteiger partial charge in [0.2, 0.25) is 0 Å². The van der Waals surface area contributed by atoms with Gasteiger partial charge in [-0.1, -0.05) is 12.1 Å². The zero-order valence-corrected chi connectivity index (χ0v) is 20.8. The molecule has 2 atom stereocenters. The molecule has 0 saturated heterocycles. The van der Waals surface area contributed by atoms with E-state index < -0.39 is 17.9 Å². The molecule has 8 nitrogen and oxygen atoms in total. The molecule has 1 aliphatic rings. The van der Waals surface area contributed by atoms with Crippen LogP contribution in [0.4, 0.5) is 5.69 Å². The summed E-state index contributed by atoms with van der Waals surface area (Å²) in [5.41, 5.74) is 5.99. The van der Waals surface area contributed by atoms with Crippen LogP contribution in [0.15, 0.2) is 53.8 Å². The van der Waals surface area contributed by atoms with Crippen LogP contribution >= 0.6 is 11.3 Å². The Morgan fingerprint density at radius 1 is 1.11 bits per heavy atom. The first-order chi connectivity index (χ1) is 16.8. The van der Waals surface area contributed by atoms with Gasteiger partial charge >= 0.3 is 5.97 Å². The van der Waals surface area contributed by atoms with Gasteiger partial charge in [-0.15, -0.1) is 21.5 Å². The van der Waals surface area contributed by atoms with Gasteiger partial charge in [-0.2, -0.15) is 0 Å². The van der Waals surface area contributed by atoms with Crippen LogP contribution in [0.2, 0.25) is 0 Å². The molecule has 4 heterocycles. The Kier molecular flexibility index (Phi) is 5.94.